The largest absolute Gasteiger partial charge is 0.457 e. The molecule has 3 aromatic rings. The van der Waals surface area contributed by atoms with Crippen molar-refractivity contribution in [2.45, 2.75) is 26.6 Å². The highest BCUT2D eigenvalue weighted by molar-refractivity contribution is 5.91. The smallest absolute Gasteiger partial charge is 0.416 e. The molecule has 0 radical (unpaired) electrons. The molecule has 168 valence electrons. The van der Waals surface area contributed by atoms with E-state index in [-0.39, 0.29) is 5.69 Å². The van der Waals surface area contributed by atoms with Crippen LogP contribution in [0.5, 0.6) is 11.5 Å². The maximum atomic E-state index is 13.2. The lowest BCUT2D eigenvalue weighted by Crippen LogP contribution is -2.22. The zero-order valence-electron chi connectivity index (χ0n) is 17.8. The summed E-state index contributed by atoms with van der Waals surface area (Å²) in [5.74, 6) is 0.224. The van der Waals surface area contributed by atoms with Crippen LogP contribution >= 0.6 is 0 Å². The molecule has 32 heavy (non-hydrogen) atoms. The second-order valence-corrected chi connectivity index (χ2v) is 7.18. The van der Waals surface area contributed by atoms with Crippen molar-refractivity contribution in [1.29, 1.82) is 0 Å². The molecule has 1 amide bonds. The van der Waals surface area contributed by atoms with Gasteiger partial charge in [0.05, 0.1) is 11.3 Å². The Hall–Kier alpha value is -3.39. The summed E-state index contributed by atoms with van der Waals surface area (Å²) < 4.78 is 45.6. The topological polar surface area (TPSA) is 68.5 Å². The summed E-state index contributed by atoms with van der Waals surface area (Å²) in [6.45, 7) is 5.67. The number of hydrogen-bond donors (Lipinski definition) is 1. The number of ether oxygens (including phenoxy) is 1. The number of halogens is 3. The molecule has 0 aliphatic heterocycles. The molecule has 2 N–H and O–H groups in total. The van der Waals surface area contributed by atoms with E-state index in [0.717, 1.165) is 17.7 Å². The number of aromatic nitrogens is 1. The van der Waals surface area contributed by atoms with E-state index < -0.39 is 17.6 Å². The number of alkyl halides is 3. The molecule has 1 heterocycles. The molecule has 0 aliphatic rings. The van der Waals surface area contributed by atoms with E-state index in [9.17, 15) is 18.0 Å². The molecule has 0 saturated carbocycles. The average Bonchev–Trinajstić information content (AvgIpc) is 2.78. The summed E-state index contributed by atoms with van der Waals surface area (Å²) in [7, 11) is 0. The van der Waals surface area contributed by atoms with Gasteiger partial charge in [-0.25, -0.2) is 4.98 Å². The van der Waals surface area contributed by atoms with Crippen LogP contribution in [0.4, 0.5) is 13.2 Å². The van der Waals surface area contributed by atoms with Gasteiger partial charge < -0.3 is 10.5 Å². The Labute approximate surface area is 184 Å². The van der Waals surface area contributed by atoms with Crippen molar-refractivity contribution in [3.05, 3.63) is 77.5 Å². The number of amides is 1. The Morgan fingerprint density at radius 2 is 1.72 bits per heavy atom. The third-order valence-corrected chi connectivity index (χ3v) is 5.06. The number of carbonyl (C=O) groups excluding carboxylic acids is 1. The quantitative estimate of drug-likeness (QED) is 0.499. The third kappa shape index (κ3) is 5.64. The molecule has 0 bridgehead atoms. The molecule has 0 unspecified atom stereocenters. The van der Waals surface area contributed by atoms with Gasteiger partial charge in [0.1, 0.15) is 17.2 Å². The lowest BCUT2D eigenvalue weighted by atomic mass is 10.1. The van der Waals surface area contributed by atoms with Gasteiger partial charge in [-0.1, -0.05) is 19.9 Å². The number of carbonyl (C=O) groups is 1. The predicted molar refractivity (Wildman–Crippen MR) is 116 cm³/mol. The van der Waals surface area contributed by atoms with E-state index in [4.69, 9.17) is 10.5 Å². The zero-order chi connectivity index (χ0) is 23.3. The minimum absolute atomic E-state index is 0.161. The van der Waals surface area contributed by atoms with Crippen LogP contribution in [0, 0.1) is 0 Å². The Morgan fingerprint density at radius 3 is 2.31 bits per heavy atom. The van der Waals surface area contributed by atoms with Gasteiger partial charge in [-0.15, -0.1) is 0 Å². The normalized spacial score (nSPS) is 11.6. The van der Waals surface area contributed by atoms with E-state index in [1.165, 1.54) is 12.1 Å². The third-order valence-electron chi connectivity index (χ3n) is 5.06. The molecule has 5 nitrogen and oxygen atoms in total. The summed E-state index contributed by atoms with van der Waals surface area (Å²) in [4.78, 5) is 17.6. The fraction of sp³-hybridized carbons (Fsp3) is 0.250. The van der Waals surface area contributed by atoms with Gasteiger partial charge in [0.15, 0.2) is 0 Å². The summed E-state index contributed by atoms with van der Waals surface area (Å²) in [6.07, 6.45) is -4.43. The SMILES string of the molecule is CCN(CC)Cc1cc(C(F)(F)F)ccc1Oc1ccc(-c2cccc(C(N)=O)n2)cc1. The van der Waals surface area contributed by atoms with E-state index in [2.05, 4.69) is 4.98 Å². The maximum Gasteiger partial charge on any atom is 0.416 e. The van der Waals surface area contributed by atoms with Gasteiger partial charge in [-0.05, 0) is 67.7 Å². The van der Waals surface area contributed by atoms with Gasteiger partial charge in [0.25, 0.3) is 5.91 Å². The van der Waals surface area contributed by atoms with Crippen LogP contribution in [0.3, 0.4) is 0 Å². The minimum Gasteiger partial charge on any atom is -0.457 e. The van der Waals surface area contributed by atoms with E-state index in [1.807, 2.05) is 18.7 Å². The van der Waals surface area contributed by atoms with Crippen molar-refractivity contribution in [2.75, 3.05) is 13.1 Å². The minimum atomic E-state index is -4.43. The van der Waals surface area contributed by atoms with Crippen molar-refractivity contribution in [3.63, 3.8) is 0 Å². The summed E-state index contributed by atoms with van der Waals surface area (Å²) in [6, 6.07) is 15.4. The van der Waals surface area contributed by atoms with Gasteiger partial charge in [0.2, 0.25) is 0 Å². The summed E-state index contributed by atoms with van der Waals surface area (Å²) in [5.41, 5.74) is 6.52. The van der Waals surface area contributed by atoms with E-state index >= 15 is 0 Å². The number of nitrogens with two attached hydrogens (primary N) is 1. The van der Waals surface area contributed by atoms with Gasteiger partial charge in [-0.2, -0.15) is 13.2 Å². The summed E-state index contributed by atoms with van der Waals surface area (Å²) >= 11 is 0. The van der Waals surface area contributed by atoms with Crippen LogP contribution in [0.2, 0.25) is 0 Å². The van der Waals surface area contributed by atoms with E-state index in [0.29, 0.717) is 42.4 Å². The molecule has 2 aromatic carbocycles. The number of rotatable bonds is 8. The number of pyridine rings is 1. The van der Waals surface area contributed by atoms with Crippen LogP contribution in [0.25, 0.3) is 11.3 Å². The molecule has 1 aromatic heterocycles. The van der Waals surface area contributed by atoms with Crippen LogP contribution in [0.15, 0.2) is 60.7 Å². The van der Waals surface area contributed by atoms with Gasteiger partial charge in [-0.3, -0.25) is 9.69 Å². The van der Waals surface area contributed by atoms with Crippen molar-refractivity contribution in [1.82, 2.24) is 9.88 Å². The summed E-state index contributed by atoms with van der Waals surface area (Å²) in [5, 5.41) is 0. The maximum absolute atomic E-state index is 13.2. The molecule has 0 fully saturated rings. The Balaban J connectivity index is 1.87. The van der Waals surface area contributed by atoms with Crippen molar-refractivity contribution in [3.8, 4) is 22.8 Å². The van der Waals surface area contributed by atoms with Crippen molar-refractivity contribution >= 4 is 5.91 Å². The number of primary amides is 1. The number of hydrogen-bond acceptors (Lipinski definition) is 4. The lowest BCUT2D eigenvalue weighted by Gasteiger charge is -2.21. The molecule has 0 spiro atoms. The molecular formula is C24H24F3N3O2. The first-order valence-corrected chi connectivity index (χ1v) is 10.2. The molecule has 0 atom stereocenters. The predicted octanol–water partition coefficient (Wildman–Crippen LogP) is 5.50. The van der Waals surface area contributed by atoms with Crippen LogP contribution in [-0.4, -0.2) is 28.9 Å². The van der Waals surface area contributed by atoms with Crippen molar-refractivity contribution < 1.29 is 22.7 Å². The lowest BCUT2D eigenvalue weighted by molar-refractivity contribution is -0.137. The van der Waals surface area contributed by atoms with Crippen LogP contribution in [-0.2, 0) is 12.7 Å². The number of benzene rings is 2. The molecule has 3 rings (SSSR count). The Bertz CT molecular complexity index is 1080. The molecule has 8 heteroatoms. The monoisotopic (exact) mass is 443 g/mol. The first kappa shape index (κ1) is 23.3. The zero-order valence-corrected chi connectivity index (χ0v) is 17.8. The van der Waals surface area contributed by atoms with Gasteiger partial charge >= 0.3 is 6.18 Å². The van der Waals surface area contributed by atoms with Crippen molar-refractivity contribution in [2.24, 2.45) is 5.73 Å². The average molecular weight is 443 g/mol. The van der Waals surface area contributed by atoms with Gasteiger partial charge in [0, 0.05) is 17.7 Å². The molecule has 0 aliphatic carbocycles. The second-order valence-electron chi connectivity index (χ2n) is 7.18. The molecule has 0 saturated heterocycles. The van der Waals surface area contributed by atoms with Crippen LogP contribution < -0.4 is 10.5 Å². The van der Waals surface area contributed by atoms with E-state index in [1.54, 1.807) is 36.4 Å². The Morgan fingerprint density at radius 1 is 1.03 bits per heavy atom. The fourth-order valence-electron chi connectivity index (χ4n) is 3.22. The highest BCUT2D eigenvalue weighted by atomic mass is 19.4. The Kier molecular flexibility index (Phi) is 7.15. The van der Waals surface area contributed by atoms with Crippen LogP contribution in [0.1, 0.15) is 35.5 Å². The highest BCUT2D eigenvalue weighted by Gasteiger charge is 2.31. The molecular weight excluding hydrogens is 419 g/mol. The first-order valence-electron chi connectivity index (χ1n) is 10.2. The first-order chi connectivity index (χ1) is 15.2. The fourth-order valence-corrected chi connectivity index (χ4v) is 3.22. The second kappa shape index (κ2) is 9.82. The standard InChI is InChI=1S/C24H24F3N3O2/c1-3-30(4-2)15-17-14-18(24(25,26)27)10-13-22(17)32-19-11-8-16(9-12-19)20-6-5-7-21(29-20)23(28)31/h5-14H,3-4,15H2,1-2H3,(H2,28,31). The highest BCUT2D eigenvalue weighted by Crippen LogP contribution is 2.35. The number of nitrogens with zero attached hydrogens (tertiary/aromatic N) is 2.